The first kappa shape index (κ1) is 21.9. The summed E-state index contributed by atoms with van der Waals surface area (Å²) < 4.78 is 1.07. The summed E-state index contributed by atoms with van der Waals surface area (Å²) in [5, 5.41) is 0. The van der Waals surface area contributed by atoms with Gasteiger partial charge < -0.3 is 4.90 Å². The first-order valence-electron chi connectivity index (χ1n) is 12.0. The molecule has 35 heavy (non-hydrogen) atoms. The van der Waals surface area contributed by atoms with Crippen LogP contribution in [0.3, 0.4) is 0 Å². The maximum absolute atomic E-state index is 3.60. The lowest BCUT2D eigenvalue weighted by molar-refractivity contribution is 0.660. The SMILES string of the molecule is CC1(C)c2ccccc2-c2ccc(N(c3ccc(Br)cc3)c3cccc(-c4ccccc4)c3)cc21. The van der Waals surface area contributed by atoms with Crippen LogP contribution >= 0.6 is 15.9 Å². The molecule has 0 bridgehead atoms. The lowest BCUT2D eigenvalue weighted by atomic mass is 9.82. The topological polar surface area (TPSA) is 3.24 Å². The molecule has 0 atom stereocenters. The second kappa shape index (κ2) is 8.55. The summed E-state index contributed by atoms with van der Waals surface area (Å²) in [4.78, 5) is 2.36. The summed E-state index contributed by atoms with van der Waals surface area (Å²) in [5.74, 6) is 0. The van der Waals surface area contributed by atoms with Crippen LogP contribution in [0.5, 0.6) is 0 Å². The Morgan fingerprint density at radius 1 is 0.514 bits per heavy atom. The van der Waals surface area contributed by atoms with Crippen molar-refractivity contribution in [2.24, 2.45) is 0 Å². The highest BCUT2D eigenvalue weighted by atomic mass is 79.9. The Hall–Kier alpha value is -3.62. The van der Waals surface area contributed by atoms with Crippen molar-refractivity contribution in [2.45, 2.75) is 19.3 Å². The molecule has 1 aliphatic rings. The standard InChI is InChI=1S/C33H26BrN/c1-33(2)31-14-7-6-13-29(31)30-20-19-28(22-32(30)33)35(26-17-15-25(34)16-18-26)27-12-8-11-24(21-27)23-9-4-3-5-10-23/h3-22H,1-2H3. The normalized spacial score (nSPS) is 13.2. The van der Waals surface area contributed by atoms with Crippen LogP contribution in [0.2, 0.25) is 0 Å². The summed E-state index contributed by atoms with van der Waals surface area (Å²) in [7, 11) is 0. The molecule has 170 valence electrons. The molecule has 0 saturated heterocycles. The van der Waals surface area contributed by atoms with Gasteiger partial charge in [-0.05, 0) is 81.9 Å². The van der Waals surface area contributed by atoms with Crippen LogP contribution in [0.15, 0.2) is 126 Å². The molecule has 2 heteroatoms. The molecule has 6 rings (SSSR count). The molecular formula is C33H26BrN. The summed E-state index contributed by atoms with van der Waals surface area (Å²) in [6.45, 7) is 4.67. The van der Waals surface area contributed by atoms with Gasteiger partial charge in [-0.25, -0.2) is 0 Å². The number of hydrogen-bond acceptors (Lipinski definition) is 1. The monoisotopic (exact) mass is 515 g/mol. The number of fused-ring (bicyclic) bond motifs is 3. The van der Waals surface area contributed by atoms with Gasteiger partial charge in [-0.3, -0.25) is 0 Å². The zero-order valence-corrected chi connectivity index (χ0v) is 21.5. The Bertz CT molecular complexity index is 1520. The second-order valence-corrected chi connectivity index (χ2v) is 10.5. The fraction of sp³-hybridized carbons (Fsp3) is 0.0909. The number of benzene rings is 5. The number of rotatable bonds is 4. The van der Waals surface area contributed by atoms with E-state index in [4.69, 9.17) is 0 Å². The Kier molecular flexibility index (Phi) is 5.35. The van der Waals surface area contributed by atoms with Gasteiger partial charge in [0.05, 0.1) is 0 Å². The first-order valence-corrected chi connectivity index (χ1v) is 12.8. The van der Waals surface area contributed by atoms with Crippen LogP contribution in [0, 0.1) is 0 Å². The zero-order valence-electron chi connectivity index (χ0n) is 19.9. The van der Waals surface area contributed by atoms with Gasteiger partial charge in [-0.15, -0.1) is 0 Å². The maximum Gasteiger partial charge on any atom is 0.0467 e. The van der Waals surface area contributed by atoms with Crippen molar-refractivity contribution in [3.8, 4) is 22.3 Å². The van der Waals surface area contributed by atoms with Crippen LogP contribution in [-0.2, 0) is 5.41 Å². The summed E-state index contributed by atoms with van der Waals surface area (Å²) in [6, 6.07) is 43.7. The third kappa shape index (κ3) is 3.79. The highest BCUT2D eigenvalue weighted by Crippen LogP contribution is 2.50. The van der Waals surface area contributed by atoms with Crippen LogP contribution in [-0.4, -0.2) is 0 Å². The molecule has 1 aliphatic carbocycles. The van der Waals surface area contributed by atoms with Gasteiger partial charge in [0.2, 0.25) is 0 Å². The highest BCUT2D eigenvalue weighted by Gasteiger charge is 2.35. The molecule has 0 aliphatic heterocycles. The summed E-state index contributed by atoms with van der Waals surface area (Å²) in [6.07, 6.45) is 0. The van der Waals surface area contributed by atoms with Crippen LogP contribution in [0.4, 0.5) is 17.1 Å². The third-order valence-electron chi connectivity index (χ3n) is 7.12. The van der Waals surface area contributed by atoms with Crippen molar-refractivity contribution in [1.29, 1.82) is 0 Å². The van der Waals surface area contributed by atoms with Gasteiger partial charge in [0.15, 0.2) is 0 Å². The van der Waals surface area contributed by atoms with Crippen molar-refractivity contribution in [3.05, 3.63) is 137 Å². The average Bonchev–Trinajstić information content (AvgIpc) is 3.13. The minimum Gasteiger partial charge on any atom is -0.310 e. The van der Waals surface area contributed by atoms with E-state index in [0.717, 1.165) is 21.5 Å². The molecule has 0 amide bonds. The van der Waals surface area contributed by atoms with Gasteiger partial charge in [-0.1, -0.05) is 103 Å². The molecule has 0 aromatic heterocycles. The van der Waals surface area contributed by atoms with E-state index in [1.165, 1.54) is 33.4 Å². The summed E-state index contributed by atoms with van der Waals surface area (Å²) in [5.41, 5.74) is 11.3. The average molecular weight is 516 g/mol. The Morgan fingerprint density at radius 3 is 1.94 bits per heavy atom. The van der Waals surface area contributed by atoms with Crippen LogP contribution < -0.4 is 4.90 Å². The maximum atomic E-state index is 3.60. The molecule has 0 N–H and O–H groups in total. The fourth-order valence-corrected chi connectivity index (χ4v) is 5.59. The van der Waals surface area contributed by atoms with E-state index in [0.29, 0.717) is 0 Å². The predicted octanol–water partition coefficient (Wildman–Crippen LogP) is 9.89. The van der Waals surface area contributed by atoms with E-state index in [1.54, 1.807) is 0 Å². The van der Waals surface area contributed by atoms with Crippen molar-refractivity contribution in [1.82, 2.24) is 0 Å². The molecule has 0 radical (unpaired) electrons. The first-order chi connectivity index (χ1) is 17.0. The predicted molar refractivity (Wildman–Crippen MR) is 152 cm³/mol. The van der Waals surface area contributed by atoms with Crippen LogP contribution in [0.1, 0.15) is 25.0 Å². The molecule has 0 heterocycles. The van der Waals surface area contributed by atoms with Crippen molar-refractivity contribution in [3.63, 3.8) is 0 Å². The Balaban J connectivity index is 1.52. The Morgan fingerprint density at radius 2 is 1.14 bits per heavy atom. The summed E-state index contributed by atoms with van der Waals surface area (Å²) >= 11 is 3.60. The second-order valence-electron chi connectivity index (χ2n) is 9.63. The van der Waals surface area contributed by atoms with E-state index in [9.17, 15) is 0 Å². The van der Waals surface area contributed by atoms with E-state index in [2.05, 4.69) is 156 Å². The number of nitrogens with zero attached hydrogens (tertiary/aromatic N) is 1. The lowest BCUT2D eigenvalue weighted by Crippen LogP contribution is -2.16. The molecule has 5 aromatic rings. The molecule has 5 aromatic carbocycles. The smallest absolute Gasteiger partial charge is 0.0467 e. The van der Waals surface area contributed by atoms with E-state index in [-0.39, 0.29) is 5.41 Å². The van der Waals surface area contributed by atoms with Crippen molar-refractivity contribution in [2.75, 3.05) is 4.90 Å². The minimum absolute atomic E-state index is 0.0425. The minimum atomic E-state index is -0.0425. The number of hydrogen-bond donors (Lipinski definition) is 0. The largest absolute Gasteiger partial charge is 0.310 e. The molecule has 0 fully saturated rings. The third-order valence-corrected chi connectivity index (χ3v) is 7.65. The molecular weight excluding hydrogens is 490 g/mol. The van der Waals surface area contributed by atoms with Gasteiger partial charge in [0.25, 0.3) is 0 Å². The van der Waals surface area contributed by atoms with Crippen molar-refractivity contribution < 1.29 is 0 Å². The lowest BCUT2D eigenvalue weighted by Gasteiger charge is -2.28. The van der Waals surface area contributed by atoms with Gasteiger partial charge in [0, 0.05) is 26.9 Å². The number of halogens is 1. The fourth-order valence-electron chi connectivity index (χ4n) is 5.32. The molecule has 0 saturated carbocycles. The van der Waals surface area contributed by atoms with Gasteiger partial charge >= 0.3 is 0 Å². The quantitative estimate of drug-likeness (QED) is 0.230. The van der Waals surface area contributed by atoms with E-state index in [1.807, 2.05) is 0 Å². The van der Waals surface area contributed by atoms with Crippen LogP contribution in [0.25, 0.3) is 22.3 Å². The van der Waals surface area contributed by atoms with E-state index >= 15 is 0 Å². The van der Waals surface area contributed by atoms with E-state index < -0.39 is 0 Å². The number of anilines is 3. The van der Waals surface area contributed by atoms with Gasteiger partial charge in [0.1, 0.15) is 0 Å². The zero-order chi connectivity index (χ0) is 24.0. The highest BCUT2D eigenvalue weighted by molar-refractivity contribution is 9.10. The Labute approximate surface area is 215 Å². The van der Waals surface area contributed by atoms with Gasteiger partial charge in [-0.2, -0.15) is 0 Å². The molecule has 0 unspecified atom stereocenters. The van der Waals surface area contributed by atoms with Crippen molar-refractivity contribution >= 4 is 33.0 Å². The molecule has 0 spiro atoms. The molecule has 1 nitrogen and oxygen atoms in total.